The summed E-state index contributed by atoms with van der Waals surface area (Å²) in [5, 5.41) is 0. The van der Waals surface area contributed by atoms with Crippen LogP contribution in [-0.4, -0.2) is 165 Å². The Labute approximate surface area is 195 Å². The van der Waals surface area contributed by atoms with Gasteiger partial charge in [0.15, 0.2) is 0 Å². The standard InChI is InChI=1S/2Al.3Ca.2O4Si.4H/c;;;;;2*1-5(2,3)4;;;;/q2*+1;3*+2;2*-4;;;;. The molecule has 0 aromatic heterocycles. The van der Waals surface area contributed by atoms with Crippen molar-refractivity contribution in [1.82, 2.24) is 0 Å². The molecule has 0 N–H and O–H groups in total. The van der Waals surface area contributed by atoms with E-state index >= 15 is 0 Å². The first-order chi connectivity index (χ1) is 5.12. The van der Waals surface area contributed by atoms with Gasteiger partial charge in [0, 0.05) is 0 Å². The number of hydrogen-bond acceptors (Lipinski definition) is 8. The van der Waals surface area contributed by atoms with Gasteiger partial charge in [-0.1, -0.05) is 0 Å². The van der Waals surface area contributed by atoms with E-state index in [0.717, 1.165) is 0 Å². The molecule has 72 valence electrons. The second kappa shape index (κ2) is 17.0. The minimum atomic E-state index is -4.82. The molecular weight excluding hydrogens is 358 g/mol. The molecule has 0 amide bonds. The third kappa shape index (κ3) is 45.4. The second-order valence-corrected chi connectivity index (χ2v) is 6.67. The van der Waals surface area contributed by atoms with Crippen molar-refractivity contribution in [2.45, 2.75) is 0 Å². The predicted octanol–water partition coefficient (Wildman–Crippen LogP) is -11.0. The van der Waals surface area contributed by atoms with Crippen LogP contribution in [0.3, 0.4) is 0 Å². The van der Waals surface area contributed by atoms with Crippen molar-refractivity contribution >= 4 is 165 Å². The van der Waals surface area contributed by atoms with E-state index in [1.165, 1.54) is 0 Å². The normalized spacial score (nSPS) is 9.47. The predicted molar refractivity (Wildman–Crippen MR) is 48.0 cm³/mol. The molecule has 0 unspecified atom stereocenters. The van der Waals surface area contributed by atoms with Crippen LogP contribution < -0.4 is 28.8 Å². The largest absolute Gasteiger partial charge is 2.00 e. The van der Waals surface area contributed by atoms with Gasteiger partial charge < -0.3 is 35.7 Å². The summed E-state index contributed by atoms with van der Waals surface area (Å²) in [6.07, 6.45) is 0. The first-order valence-electron chi connectivity index (χ1n) is 2.45. The van der Waals surface area contributed by atoms with E-state index in [1.54, 1.807) is 0 Å². The fourth-order valence-electron chi connectivity index (χ4n) is 0. The maximum absolute atomic E-state index is 9.31. The molecule has 0 saturated carbocycles. The Morgan fingerprint density at radius 3 is 0.667 bits per heavy atom. The maximum Gasteiger partial charge on any atom is 2.00 e. The molecule has 0 heterocycles. The Kier molecular flexibility index (Phi) is 36.4. The van der Waals surface area contributed by atoms with Crippen molar-refractivity contribution in [1.29, 1.82) is 0 Å². The van der Waals surface area contributed by atoms with Crippen molar-refractivity contribution in [3.8, 4) is 0 Å². The van der Waals surface area contributed by atoms with E-state index in [1.807, 2.05) is 0 Å². The summed E-state index contributed by atoms with van der Waals surface area (Å²) in [7, 11) is -9.64. The van der Waals surface area contributed by atoms with E-state index < -0.39 is 18.1 Å². The molecule has 0 bridgehead atoms. The zero-order valence-electron chi connectivity index (χ0n) is 8.39. The summed E-state index contributed by atoms with van der Waals surface area (Å²) in [6, 6.07) is 0. The molecule has 0 aromatic rings. The van der Waals surface area contributed by atoms with E-state index in [9.17, 15) is 28.8 Å². The van der Waals surface area contributed by atoms with Gasteiger partial charge in [-0.15, -0.1) is 0 Å². The summed E-state index contributed by atoms with van der Waals surface area (Å²) in [4.78, 5) is 55.9. The van der Waals surface area contributed by atoms with Gasteiger partial charge in [0.25, 0.3) is 0 Å². The molecule has 0 saturated heterocycles. The van der Waals surface area contributed by atoms with Crippen LogP contribution >= 0.6 is 0 Å². The maximum atomic E-state index is 9.31. The molecule has 0 aromatic carbocycles. The molecule has 0 atom stereocenters. The van der Waals surface area contributed by atoms with E-state index in [0.29, 0.717) is 0 Å². The fourth-order valence-corrected chi connectivity index (χ4v) is 0. The quantitative estimate of drug-likeness (QED) is 0.438. The van der Waals surface area contributed by atoms with E-state index in [-0.39, 0.29) is 146 Å². The van der Waals surface area contributed by atoms with Gasteiger partial charge in [0.1, 0.15) is 0 Å². The molecule has 0 spiro atoms. The molecular formula is H4Al2Ca3O8Si2. The van der Waals surface area contributed by atoms with Crippen molar-refractivity contribution in [2.24, 2.45) is 0 Å². The SMILES string of the molecule is [Ca+2].[Ca+2].[Ca+2].[O-][Si]([O-])([O-])[O][AlH2].[O-][Si]([O-])([O-])[O][AlH2]. The monoisotopic (exact) mass is 362 g/mol. The Morgan fingerprint density at radius 2 is 0.667 bits per heavy atom. The third-order valence-electron chi connectivity index (χ3n) is 0.500. The Balaban J connectivity index is -0.0000000370. The number of hydrogen-bond donors (Lipinski definition) is 0. The van der Waals surface area contributed by atoms with Crippen molar-refractivity contribution in [3.05, 3.63) is 0 Å². The van der Waals surface area contributed by atoms with Crippen LogP contribution in [0.2, 0.25) is 0 Å². The fraction of sp³-hybridized carbons (Fsp3) is 0. The minimum Gasteiger partial charge on any atom is -0.863 e. The van der Waals surface area contributed by atoms with E-state index in [4.69, 9.17) is 0 Å². The Bertz CT molecular complexity index is 99.4. The van der Waals surface area contributed by atoms with Crippen LogP contribution in [0.5, 0.6) is 0 Å². The molecule has 0 fully saturated rings. The van der Waals surface area contributed by atoms with E-state index in [2.05, 4.69) is 6.96 Å². The van der Waals surface area contributed by atoms with Crippen LogP contribution in [0, 0.1) is 0 Å². The topological polar surface area (TPSA) is 157 Å². The molecule has 15 heteroatoms. The average molecular weight is 362 g/mol. The molecule has 0 aliphatic heterocycles. The van der Waals surface area contributed by atoms with Crippen LogP contribution in [0.25, 0.3) is 0 Å². The number of rotatable bonds is 2. The van der Waals surface area contributed by atoms with Gasteiger partial charge in [-0.3, -0.25) is 0 Å². The molecule has 0 rings (SSSR count). The summed E-state index contributed by atoms with van der Waals surface area (Å²) in [5.74, 6) is 0. The first-order valence-corrected chi connectivity index (χ1v) is 7.35. The molecule has 8 nitrogen and oxygen atoms in total. The van der Waals surface area contributed by atoms with Gasteiger partial charge in [0.05, 0.1) is 0 Å². The van der Waals surface area contributed by atoms with Gasteiger partial charge in [-0.2, -0.15) is 18.1 Å². The zero-order valence-corrected chi connectivity index (χ0v) is 21.0. The minimum absolute atomic E-state index is 0. The first kappa shape index (κ1) is 32.1. The van der Waals surface area contributed by atoms with Crippen LogP contribution in [0.1, 0.15) is 0 Å². The van der Waals surface area contributed by atoms with Gasteiger partial charge in [0.2, 0.25) is 0 Å². The molecule has 0 aliphatic rings. The third-order valence-corrected chi connectivity index (χ3v) is 4.50. The molecule has 0 radical (unpaired) electrons. The molecule has 15 heavy (non-hydrogen) atoms. The molecule has 0 aliphatic carbocycles. The summed E-state index contributed by atoms with van der Waals surface area (Å²) in [5.41, 5.74) is 0. The summed E-state index contributed by atoms with van der Waals surface area (Å²) in [6.45, 7) is 0. The zero-order chi connectivity index (χ0) is 10.4. The van der Waals surface area contributed by atoms with Gasteiger partial charge in [-0.25, -0.2) is 0 Å². The smallest absolute Gasteiger partial charge is 0.863 e. The van der Waals surface area contributed by atoms with Crippen molar-refractivity contribution < 1.29 is 35.7 Å². The second-order valence-electron chi connectivity index (χ2n) is 1.41. The van der Waals surface area contributed by atoms with Gasteiger partial charge >= 0.3 is 146 Å². The Hall–Kier alpha value is 4.96. The average Bonchev–Trinajstić information content (AvgIpc) is 1.86. The summed E-state index contributed by atoms with van der Waals surface area (Å²) < 4.78 is 7.10. The van der Waals surface area contributed by atoms with Crippen molar-refractivity contribution in [2.75, 3.05) is 0 Å². The van der Waals surface area contributed by atoms with Crippen LogP contribution in [0.15, 0.2) is 0 Å². The van der Waals surface area contributed by atoms with Crippen LogP contribution in [-0.2, 0) is 6.96 Å². The van der Waals surface area contributed by atoms with Crippen LogP contribution in [0.4, 0.5) is 0 Å². The summed E-state index contributed by atoms with van der Waals surface area (Å²) >= 11 is -0.0556. The van der Waals surface area contributed by atoms with Gasteiger partial charge in [-0.05, 0) is 0 Å². The van der Waals surface area contributed by atoms with Crippen molar-refractivity contribution in [3.63, 3.8) is 0 Å². The Morgan fingerprint density at radius 1 is 0.600 bits per heavy atom.